The number of nitrogens with one attached hydrogen (secondary N) is 1. The molecule has 0 bridgehead atoms. The van der Waals surface area contributed by atoms with Gasteiger partial charge in [-0.15, -0.1) is 0 Å². The second-order valence-electron chi connectivity index (χ2n) is 5.36. The van der Waals surface area contributed by atoms with E-state index in [1.807, 2.05) is 18.2 Å². The number of likely N-dealkylation sites (tertiary alicyclic amines) is 1. The van der Waals surface area contributed by atoms with Crippen LogP contribution < -0.4 is 5.32 Å². The molecule has 110 valence electrons. The van der Waals surface area contributed by atoms with Gasteiger partial charge < -0.3 is 9.73 Å². The molecule has 1 atom stereocenters. The molecule has 1 aromatic carbocycles. The summed E-state index contributed by atoms with van der Waals surface area (Å²) < 4.78 is 5.13. The summed E-state index contributed by atoms with van der Waals surface area (Å²) in [5.41, 5.74) is 1.25. The first-order valence-corrected chi connectivity index (χ1v) is 7.45. The van der Waals surface area contributed by atoms with Gasteiger partial charge in [0.1, 0.15) is 0 Å². The van der Waals surface area contributed by atoms with Crippen LogP contribution in [0.2, 0.25) is 0 Å². The van der Waals surface area contributed by atoms with Crippen LogP contribution in [0, 0.1) is 0 Å². The number of carbonyl (C=O) groups excluding carboxylic acids is 1. The molecule has 4 nitrogen and oxygen atoms in total. The maximum Gasteiger partial charge on any atom is 0.287 e. The zero-order chi connectivity index (χ0) is 14.5. The lowest BCUT2D eigenvalue weighted by Gasteiger charge is -2.28. The third-order valence-corrected chi connectivity index (χ3v) is 3.97. The molecular weight excluding hydrogens is 264 g/mol. The van der Waals surface area contributed by atoms with E-state index in [9.17, 15) is 4.79 Å². The second kappa shape index (κ2) is 6.59. The molecule has 1 aromatic heterocycles. The molecule has 1 unspecified atom stereocenters. The van der Waals surface area contributed by atoms with Crippen LogP contribution in [0.5, 0.6) is 0 Å². The molecule has 0 saturated carbocycles. The standard InChI is InChI=1S/C17H20N2O2/c20-17(16-9-6-12-21-16)18-13-15(19-10-4-5-11-19)14-7-2-1-3-8-14/h1-3,6-9,12,15H,4-5,10-11,13H2,(H,18,20). The molecular formula is C17H20N2O2. The third-order valence-electron chi connectivity index (χ3n) is 3.97. The summed E-state index contributed by atoms with van der Waals surface area (Å²) in [6, 6.07) is 14.0. The first-order chi connectivity index (χ1) is 10.3. The lowest BCUT2D eigenvalue weighted by atomic mass is 10.1. The molecule has 1 saturated heterocycles. The van der Waals surface area contributed by atoms with E-state index in [1.165, 1.54) is 24.7 Å². The maximum atomic E-state index is 12.0. The predicted molar refractivity (Wildman–Crippen MR) is 81.0 cm³/mol. The van der Waals surface area contributed by atoms with Gasteiger partial charge in [0, 0.05) is 6.54 Å². The van der Waals surface area contributed by atoms with Gasteiger partial charge >= 0.3 is 0 Å². The van der Waals surface area contributed by atoms with Gasteiger partial charge in [0.05, 0.1) is 12.3 Å². The van der Waals surface area contributed by atoms with Gasteiger partial charge in [0.25, 0.3) is 5.91 Å². The normalized spacial score (nSPS) is 16.8. The van der Waals surface area contributed by atoms with Gasteiger partial charge in [-0.05, 0) is 43.6 Å². The molecule has 4 heteroatoms. The van der Waals surface area contributed by atoms with E-state index < -0.39 is 0 Å². The zero-order valence-corrected chi connectivity index (χ0v) is 12.0. The smallest absolute Gasteiger partial charge is 0.287 e. The summed E-state index contributed by atoms with van der Waals surface area (Å²) >= 11 is 0. The summed E-state index contributed by atoms with van der Waals surface area (Å²) in [5.74, 6) is 0.211. The predicted octanol–water partition coefficient (Wildman–Crippen LogP) is 2.85. The van der Waals surface area contributed by atoms with Crippen molar-refractivity contribution >= 4 is 5.91 Å². The number of furan rings is 1. The van der Waals surface area contributed by atoms with Crippen LogP contribution >= 0.6 is 0 Å². The second-order valence-corrected chi connectivity index (χ2v) is 5.36. The zero-order valence-electron chi connectivity index (χ0n) is 12.0. The van der Waals surface area contributed by atoms with E-state index >= 15 is 0 Å². The summed E-state index contributed by atoms with van der Waals surface area (Å²) in [7, 11) is 0. The number of hydrogen-bond acceptors (Lipinski definition) is 3. The van der Waals surface area contributed by atoms with Crippen LogP contribution in [-0.4, -0.2) is 30.4 Å². The molecule has 1 aliphatic rings. The Morgan fingerprint density at radius 2 is 1.90 bits per heavy atom. The van der Waals surface area contributed by atoms with Crippen LogP contribution in [0.3, 0.4) is 0 Å². The molecule has 0 aliphatic carbocycles. The molecule has 0 spiro atoms. The van der Waals surface area contributed by atoms with Gasteiger partial charge in [0.2, 0.25) is 0 Å². The van der Waals surface area contributed by atoms with Crippen molar-refractivity contribution in [2.24, 2.45) is 0 Å². The quantitative estimate of drug-likeness (QED) is 0.918. The first-order valence-electron chi connectivity index (χ1n) is 7.45. The number of benzene rings is 1. The van der Waals surface area contributed by atoms with Gasteiger partial charge in [0.15, 0.2) is 5.76 Å². The average molecular weight is 284 g/mol. The highest BCUT2D eigenvalue weighted by Gasteiger charge is 2.24. The van der Waals surface area contributed by atoms with Crippen molar-refractivity contribution in [3.63, 3.8) is 0 Å². The summed E-state index contributed by atoms with van der Waals surface area (Å²) in [4.78, 5) is 14.5. The van der Waals surface area contributed by atoms with E-state index in [4.69, 9.17) is 4.42 Å². The molecule has 1 fully saturated rings. The molecule has 1 aliphatic heterocycles. The van der Waals surface area contributed by atoms with Crippen molar-refractivity contribution in [1.29, 1.82) is 0 Å². The van der Waals surface area contributed by atoms with Gasteiger partial charge in [-0.3, -0.25) is 9.69 Å². The molecule has 1 amide bonds. The van der Waals surface area contributed by atoms with Crippen LogP contribution in [0.25, 0.3) is 0 Å². The molecule has 2 heterocycles. The van der Waals surface area contributed by atoms with Crippen LogP contribution in [0.1, 0.15) is 35.0 Å². The van der Waals surface area contributed by atoms with E-state index in [0.717, 1.165) is 13.1 Å². The lowest BCUT2D eigenvalue weighted by Crippen LogP contribution is -2.36. The largest absolute Gasteiger partial charge is 0.459 e. The molecule has 1 N–H and O–H groups in total. The fraction of sp³-hybridized carbons (Fsp3) is 0.353. The van der Waals surface area contributed by atoms with Gasteiger partial charge in [-0.1, -0.05) is 30.3 Å². The fourth-order valence-corrected chi connectivity index (χ4v) is 2.87. The number of rotatable bonds is 5. The molecule has 2 aromatic rings. The fourth-order valence-electron chi connectivity index (χ4n) is 2.87. The Labute approximate surface area is 124 Å². The van der Waals surface area contributed by atoms with E-state index in [-0.39, 0.29) is 11.9 Å². The molecule has 3 rings (SSSR count). The maximum absolute atomic E-state index is 12.0. The van der Waals surface area contributed by atoms with Gasteiger partial charge in [-0.25, -0.2) is 0 Å². The number of hydrogen-bond donors (Lipinski definition) is 1. The van der Waals surface area contributed by atoms with Crippen LogP contribution in [-0.2, 0) is 0 Å². The average Bonchev–Trinajstić information content (AvgIpc) is 3.22. The van der Waals surface area contributed by atoms with Crippen molar-refractivity contribution in [2.45, 2.75) is 18.9 Å². The Morgan fingerprint density at radius 1 is 1.14 bits per heavy atom. The van der Waals surface area contributed by atoms with Gasteiger partial charge in [-0.2, -0.15) is 0 Å². The Balaban J connectivity index is 1.69. The third kappa shape index (κ3) is 3.34. The Morgan fingerprint density at radius 3 is 2.57 bits per heavy atom. The topological polar surface area (TPSA) is 45.5 Å². The Bertz CT molecular complexity index is 560. The van der Waals surface area contributed by atoms with E-state index in [0.29, 0.717) is 12.3 Å². The highest BCUT2D eigenvalue weighted by Crippen LogP contribution is 2.24. The number of amides is 1. The van der Waals surface area contributed by atoms with Crippen molar-refractivity contribution < 1.29 is 9.21 Å². The summed E-state index contributed by atoms with van der Waals surface area (Å²) in [6.45, 7) is 2.79. The summed E-state index contributed by atoms with van der Waals surface area (Å²) in [5, 5.41) is 2.99. The molecule has 21 heavy (non-hydrogen) atoms. The SMILES string of the molecule is O=C(NCC(c1ccccc1)N1CCCC1)c1ccco1. The Kier molecular flexibility index (Phi) is 4.36. The molecule has 0 radical (unpaired) electrons. The van der Waals surface area contributed by atoms with Crippen molar-refractivity contribution in [2.75, 3.05) is 19.6 Å². The minimum atomic E-state index is -0.153. The van der Waals surface area contributed by atoms with Crippen molar-refractivity contribution in [1.82, 2.24) is 10.2 Å². The van der Waals surface area contributed by atoms with Crippen molar-refractivity contribution in [3.05, 3.63) is 60.1 Å². The highest BCUT2D eigenvalue weighted by atomic mass is 16.3. The van der Waals surface area contributed by atoms with E-state index in [2.05, 4.69) is 22.3 Å². The number of nitrogens with zero attached hydrogens (tertiary/aromatic N) is 1. The van der Waals surface area contributed by atoms with Crippen molar-refractivity contribution in [3.8, 4) is 0 Å². The van der Waals surface area contributed by atoms with E-state index in [1.54, 1.807) is 12.1 Å². The minimum absolute atomic E-state index is 0.153. The monoisotopic (exact) mass is 284 g/mol. The minimum Gasteiger partial charge on any atom is -0.459 e. The summed E-state index contributed by atoms with van der Waals surface area (Å²) in [6.07, 6.45) is 3.98. The van der Waals surface area contributed by atoms with Crippen LogP contribution in [0.4, 0.5) is 0 Å². The first kappa shape index (κ1) is 13.9. The Hall–Kier alpha value is -2.07. The highest BCUT2D eigenvalue weighted by molar-refractivity contribution is 5.91. The van der Waals surface area contributed by atoms with Crippen LogP contribution in [0.15, 0.2) is 53.1 Å². The lowest BCUT2D eigenvalue weighted by molar-refractivity contribution is 0.0910. The number of carbonyl (C=O) groups is 1.